The Balaban J connectivity index is 2.72. The Hall–Kier alpha value is -0.570. The Morgan fingerprint density at radius 3 is 2.17 bits per heavy atom. The highest BCUT2D eigenvalue weighted by Gasteiger charge is 2.45. The highest BCUT2D eigenvalue weighted by Crippen LogP contribution is 2.42. The Morgan fingerprint density at radius 1 is 1.42 bits per heavy atom. The van der Waals surface area contributed by atoms with Gasteiger partial charge in [0.05, 0.1) is 12.0 Å². The summed E-state index contributed by atoms with van der Waals surface area (Å²) in [6.07, 6.45) is 1.76. The lowest BCUT2D eigenvalue weighted by Crippen LogP contribution is -2.39. The van der Waals surface area contributed by atoms with Gasteiger partial charge in [0.25, 0.3) is 0 Å². The van der Waals surface area contributed by atoms with Gasteiger partial charge in [0.15, 0.2) is 0 Å². The first-order valence-corrected chi connectivity index (χ1v) is 4.41. The molecule has 0 aliphatic heterocycles. The minimum absolute atomic E-state index is 0.114. The van der Waals surface area contributed by atoms with Crippen LogP contribution >= 0.6 is 0 Å². The number of carboxylic acid groups (broad SMARTS) is 1. The molecule has 0 amide bonds. The van der Waals surface area contributed by atoms with Crippen molar-refractivity contribution in [2.45, 2.75) is 38.7 Å². The fraction of sp³-hybridized carbons (Fsp3) is 0.889. The summed E-state index contributed by atoms with van der Waals surface area (Å²) >= 11 is 0. The molecule has 0 spiro atoms. The third-order valence-electron chi connectivity index (χ3n) is 3.17. The lowest BCUT2D eigenvalue weighted by atomic mass is 9.83. The minimum atomic E-state index is -0.966. The lowest BCUT2D eigenvalue weighted by molar-refractivity contribution is -0.146. The first-order chi connectivity index (χ1) is 5.47. The van der Waals surface area contributed by atoms with E-state index in [4.69, 9.17) is 5.11 Å². The standard InChI is InChI=1S/C9H16O3/c1-6-3-4-7(2)9(6,12)5-8(10)11/h6-7,12H,3-5H2,1-2H3,(H,10,11). The second-order valence-electron chi connectivity index (χ2n) is 3.94. The van der Waals surface area contributed by atoms with Crippen molar-refractivity contribution in [2.75, 3.05) is 0 Å². The van der Waals surface area contributed by atoms with Gasteiger partial charge in [-0.05, 0) is 24.7 Å². The molecule has 0 radical (unpaired) electrons. The quantitative estimate of drug-likeness (QED) is 0.659. The molecular weight excluding hydrogens is 156 g/mol. The molecule has 0 aromatic rings. The van der Waals surface area contributed by atoms with Crippen LogP contribution < -0.4 is 0 Å². The van der Waals surface area contributed by atoms with Crippen LogP contribution in [0.5, 0.6) is 0 Å². The second kappa shape index (κ2) is 3.05. The number of hydrogen-bond donors (Lipinski definition) is 2. The van der Waals surface area contributed by atoms with E-state index in [1.165, 1.54) is 0 Å². The van der Waals surface area contributed by atoms with Crippen LogP contribution in [-0.4, -0.2) is 21.8 Å². The fourth-order valence-corrected chi connectivity index (χ4v) is 2.08. The predicted molar refractivity (Wildman–Crippen MR) is 44.8 cm³/mol. The average Bonchev–Trinajstić information content (AvgIpc) is 2.16. The van der Waals surface area contributed by atoms with Crippen molar-refractivity contribution in [2.24, 2.45) is 11.8 Å². The number of hydrogen-bond acceptors (Lipinski definition) is 2. The zero-order valence-corrected chi connectivity index (χ0v) is 7.58. The molecule has 1 saturated carbocycles. The van der Waals surface area contributed by atoms with Crippen LogP contribution in [0.4, 0.5) is 0 Å². The Kier molecular flexibility index (Phi) is 2.42. The summed E-state index contributed by atoms with van der Waals surface area (Å²) < 4.78 is 0. The molecule has 1 fully saturated rings. The monoisotopic (exact) mass is 172 g/mol. The van der Waals surface area contributed by atoms with Gasteiger partial charge in [-0.2, -0.15) is 0 Å². The van der Waals surface area contributed by atoms with Crippen LogP contribution in [0.15, 0.2) is 0 Å². The van der Waals surface area contributed by atoms with E-state index in [1.54, 1.807) is 0 Å². The van der Waals surface area contributed by atoms with E-state index in [2.05, 4.69) is 0 Å². The molecule has 12 heavy (non-hydrogen) atoms. The third kappa shape index (κ3) is 1.46. The molecule has 70 valence electrons. The largest absolute Gasteiger partial charge is 0.481 e. The van der Waals surface area contributed by atoms with Crippen molar-refractivity contribution in [1.29, 1.82) is 0 Å². The van der Waals surface area contributed by atoms with E-state index in [-0.39, 0.29) is 18.3 Å². The van der Waals surface area contributed by atoms with Gasteiger partial charge >= 0.3 is 5.97 Å². The first-order valence-electron chi connectivity index (χ1n) is 4.41. The topological polar surface area (TPSA) is 57.5 Å². The lowest BCUT2D eigenvalue weighted by Gasteiger charge is -2.30. The third-order valence-corrected chi connectivity index (χ3v) is 3.17. The van der Waals surface area contributed by atoms with Gasteiger partial charge < -0.3 is 10.2 Å². The van der Waals surface area contributed by atoms with Crippen molar-refractivity contribution < 1.29 is 15.0 Å². The molecule has 1 aliphatic carbocycles. The fourth-order valence-electron chi connectivity index (χ4n) is 2.08. The van der Waals surface area contributed by atoms with Gasteiger partial charge in [-0.1, -0.05) is 13.8 Å². The van der Waals surface area contributed by atoms with Crippen molar-refractivity contribution >= 4 is 5.97 Å². The van der Waals surface area contributed by atoms with E-state index in [0.717, 1.165) is 12.8 Å². The van der Waals surface area contributed by atoms with Gasteiger partial charge in [-0.3, -0.25) is 4.79 Å². The molecule has 2 atom stereocenters. The van der Waals surface area contributed by atoms with Crippen molar-refractivity contribution in [3.05, 3.63) is 0 Å². The molecular formula is C9H16O3. The van der Waals surface area contributed by atoms with Gasteiger partial charge in [-0.25, -0.2) is 0 Å². The average molecular weight is 172 g/mol. The molecule has 0 heterocycles. The maximum atomic E-state index is 10.5. The first kappa shape index (κ1) is 9.52. The summed E-state index contributed by atoms with van der Waals surface area (Å²) in [5.41, 5.74) is -0.966. The minimum Gasteiger partial charge on any atom is -0.481 e. The molecule has 0 saturated heterocycles. The van der Waals surface area contributed by atoms with Crippen LogP contribution in [0.2, 0.25) is 0 Å². The number of rotatable bonds is 2. The maximum absolute atomic E-state index is 10.5. The normalized spacial score (nSPS) is 41.6. The van der Waals surface area contributed by atoms with E-state index in [0.29, 0.717) is 0 Å². The number of carboxylic acids is 1. The molecule has 2 N–H and O–H groups in total. The summed E-state index contributed by atoms with van der Waals surface area (Å²) in [5, 5.41) is 18.6. The van der Waals surface area contributed by atoms with Gasteiger partial charge in [0.1, 0.15) is 0 Å². The van der Waals surface area contributed by atoms with Gasteiger partial charge in [0, 0.05) is 0 Å². The highest BCUT2D eigenvalue weighted by atomic mass is 16.4. The molecule has 1 aliphatic rings. The summed E-state index contributed by atoms with van der Waals surface area (Å²) in [6, 6.07) is 0. The number of aliphatic carboxylic acids is 1. The van der Waals surface area contributed by atoms with Crippen LogP contribution in [0.3, 0.4) is 0 Å². The van der Waals surface area contributed by atoms with Crippen LogP contribution in [-0.2, 0) is 4.79 Å². The molecule has 0 bridgehead atoms. The molecule has 3 nitrogen and oxygen atoms in total. The van der Waals surface area contributed by atoms with E-state index in [1.807, 2.05) is 13.8 Å². The molecule has 0 aromatic heterocycles. The molecule has 1 rings (SSSR count). The van der Waals surface area contributed by atoms with Crippen LogP contribution in [0, 0.1) is 11.8 Å². The van der Waals surface area contributed by atoms with E-state index < -0.39 is 11.6 Å². The second-order valence-corrected chi connectivity index (χ2v) is 3.94. The summed E-state index contributed by atoms with van der Waals surface area (Å²) in [4.78, 5) is 10.5. The van der Waals surface area contributed by atoms with E-state index >= 15 is 0 Å². The summed E-state index contributed by atoms with van der Waals surface area (Å²) in [5.74, 6) is -0.676. The Bertz CT molecular complexity index is 178. The SMILES string of the molecule is CC1CCC(C)C1(O)CC(=O)O. The molecule has 2 unspecified atom stereocenters. The smallest absolute Gasteiger partial charge is 0.306 e. The van der Waals surface area contributed by atoms with Gasteiger partial charge in [-0.15, -0.1) is 0 Å². The van der Waals surface area contributed by atoms with Crippen LogP contribution in [0.1, 0.15) is 33.1 Å². The number of aliphatic hydroxyl groups is 1. The summed E-state index contributed by atoms with van der Waals surface area (Å²) in [7, 11) is 0. The van der Waals surface area contributed by atoms with Crippen molar-refractivity contribution in [3.8, 4) is 0 Å². The zero-order chi connectivity index (χ0) is 9.35. The Labute approximate surface area is 72.4 Å². The van der Waals surface area contributed by atoms with Gasteiger partial charge in [0.2, 0.25) is 0 Å². The highest BCUT2D eigenvalue weighted by molar-refractivity contribution is 5.68. The zero-order valence-electron chi connectivity index (χ0n) is 7.58. The number of carbonyl (C=O) groups is 1. The molecule has 0 aromatic carbocycles. The van der Waals surface area contributed by atoms with Crippen molar-refractivity contribution in [3.63, 3.8) is 0 Å². The Morgan fingerprint density at radius 2 is 1.83 bits per heavy atom. The molecule has 3 heteroatoms. The summed E-state index contributed by atoms with van der Waals surface area (Å²) in [6.45, 7) is 3.85. The predicted octanol–water partition coefficient (Wildman–Crippen LogP) is 1.26. The van der Waals surface area contributed by atoms with Crippen LogP contribution in [0.25, 0.3) is 0 Å². The maximum Gasteiger partial charge on any atom is 0.306 e. The van der Waals surface area contributed by atoms with Crippen molar-refractivity contribution in [1.82, 2.24) is 0 Å². The van der Waals surface area contributed by atoms with E-state index in [9.17, 15) is 9.90 Å².